The number of rotatable bonds is 1. The number of hydrogen-bond acceptors (Lipinski definition) is 0. The van der Waals surface area contributed by atoms with E-state index in [-0.39, 0.29) is 0 Å². The Hall–Kier alpha value is 0.470. The van der Waals surface area contributed by atoms with E-state index in [2.05, 4.69) is 13.0 Å². The third kappa shape index (κ3) is 1.01. The van der Waals surface area contributed by atoms with Gasteiger partial charge in [-0.15, -0.1) is 0 Å². The Morgan fingerprint density at radius 1 is 1.58 bits per heavy atom. The topological polar surface area (TPSA) is 0 Å². The molecular weight excluding hydrogens is 259 g/mol. The molecule has 12 heavy (non-hydrogen) atoms. The summed E-state index contributed by atoms with van der Waals surface area (Å²) in [6, 6.07) is 0. The van der Waals surface area contributed by atoms with E-state index in [1.165, 1.54) is 23.2 Å². The van der Waals surface area contributed by atoms with Crippen molar-refractivity contribution in [1.29, 1.82) is 0 Å². The summed E-state index contributed by atoms with van der Waals surface area (Å²) in [5.41, 5.74) is 2.64. The maximum atomic E-state index is 2.65. The Morgan fingerprint density at radius 3 is 3.17 bits per heavy atom. The summed E-state index contributed by atoms with van der Waals surface area (Å²) in [5, 5.41) is 0. The van der Waals surface area contributed by atoms with Crippen molar-refractivity contribution in [3.63, 3.8) is 0 Å². The summed E-state index contributed by atoms with van der Waals surface area (Å²) < 4.78 is 2.29. The summed E-state index contributed by atoms with van der Waals surface area (Å²) in [6.45, 7) is 2.41. The molecule has 3 unspecified atom stereocenters. The maximum absolute atomic E-state index is 2.65. The van der Waals surface area contributed by atoms with Crippen molar-refractivity contribution < 1.29 is 21.2 Å². The molecule has 2 fully saturated rings. The van der Waals surface area contributed by atoms with Crippen LogP contribution < -0.4 is 21.2 Å². The van der Waals surface area contributed by atoms with Crippen LogP contribution in [0.1, 0.15) is 39.0 Å². The molecule has 3 atom stereocenters. The van der Waals surface area contributed by atoms with E-state index in [1.807, 2.05) is 5.57 Å². The Bertz CT molecular complexity index is 243. The molecule has 2 aliphatic carbocycles. The van der Waals surface area contributed by atoms with Crippen molar-refractivity contribution >= 4 is 0 Å². The molecule has 4 aliphatic rings. The van der Waals surface area contributed by atoms with Crippen LogP contribution in [0.4, 0.5) is 0 Å². The fourth-order valence-electron chi connectivity index (χ4n) is 3.28. The van der Waals surface area contributed by atoms with Crippen LogP contribution in [0.3, 0.4) is 0 Å². The van der Waals surface area contributed by atoms with Gasteiger partial charge < -0.3 is 0 Å². The molecular formula is C11H16I-. The van der Waals surface area contributed by atoms with Gasteiger partial charge in [-0.2, -0.15) is 0 Å². The van der Waals surface area contributed by atoms with Crippen LogP contribution in [0.15, 0.2) is 11.6 Å². The van der Waals surface area contributed by atoms with Gasteiger partial charge in [0.15, 0.2) is 0 Å². The van der Waals surface area contributed by atoms with Crippen LogP contribution >= 0.6 is 0 Å². The molecule has 2 heterocycles. The van der Waals surface area contributed by atoms with Gasteiger partial charge >= 0.3 is 85.1 Å². The number of hydrogen-bond donors (Lipinski definition) is 0. The minimum absolute atomic E-state index is 0.561. The van der Waals surface area contributed by atoms with Gasteiger partial charge in [-0.3, -0.25) is 0 Å². The molecule has 0 spiro atoms. The van der Waals surface area contributed by atoms with E-state index in [1.54, 1.807) is 12.8 Å². The van der Waals surface area contributed by atoms with E-state index in [9.17, 15) is 0 Å². The zero-order chi connectivity index (χ0) is 8.18. The summed E-state index contributed by atoms with van der Waals surface area (Å²) in [7, 11) is 0. The molecule has 1 saturated carbocycles. The molecule has 68 valence electrons. The average Bonchev–Trinajstić information content (AvgIpc) is 2.02. The predicted octanol–water partition coefficient (Wildman–Crippen LogP) is -0.263. The van der Waals surface area contributed by atoms with Crippen LogP contribution in [0.2, 0.25) is 0 Å². The second-order valence-electron chi connectivity index (χ2n) is 4.71. The minimum atomic E-state index is 0.561. The van der Waals surface area contributed by atoms with Crippen molar-refractivity contribution in [2.75, 3.05) is 0 Å². The molecule has 2 aliphatic heterocycles. The quantitative estimate of drug-likeness (QED) is 0.351. The second kappa shape index (κ2) is 2.49. The number of allylic oxidation sites excluding steroid dienone is 2. The molecule has 0 nitrogen and oxygen atoms in total. The predicted molar refractivity (Wildman–Crippen MR) is 46.9 cm³/mol. The normalized spacial score (nSPS) is 50.2. The first-order chi connectivity index (χ1) is 5.80. The van der Waals surface area contributed by atoms with Crippen LogP contribution in [-0.4, -0.2) is 7.85 Å². The zero-order valence-corrected chi connectivity index (χ0v) is 9.80. The SMILES string of the molecule is CCC12CC3=CC(C1)[I-]C(C3)C2. The number of alkyl halides is 2. The van der Waals surface area contributed by atoms with Crippen LogP contribution in [-0.2, 0) is 0 Å². The fourth-order valence-corrected chi connectivity index (χ4v) is 8.50. The first-order valence-corrected chi connectivity index (χ1v) is 7.60. The first kappa shape index (κ1) is 7.84. The zero-order valence-electron chi connectivity index (χ0n) is 7.65. The van der Waals surface area contributed by atoms with Crippen LogP contribution in [0.5, 0.6) is 0 Å². The fraction of sp³-hybridized carbons (Fsp3) is 0.818. The van der Waals surface area contributed by atoms with E-state index in [0.29, 0.717) is 21.2 Å². The Morgan fingerprint density at radius 2 is 2.50 bits per heavy atom. The summed E-state index contributed by atoms with van der Waals surface area (Å²) in [4.78, 5) is 0. The van der Waals surface area contributed by atoms with E-state index in [4.69, 9.17) is 0 Å². The Kier molecular flexibility index (Phi) is 1.63. The molecule has 0 aromatic heterocycles. The molecule has 4 rings (SSSR count). The number of halogens is 1. The van der Waals surface area contributed by atoms with Gasteiger partial charge in [0.1, 0.15) is 0 Å². The molecule has 4 bridgehead atoms. The molecule has 0 aromatic carbocycles. The van der Waals surface area contributed by atoms with Gasteiger partial charge in [-0.1, -0.05) is 0 Å². The monoisotopic (exact) mass is 275 g/mol. The molecule has 1 saturated heterocycles. The Labute approximate surface area is 85.1 Å². The third-order valence-electron chi connectivity index (χ3n) is 3.87. The molecule has 0 N–H and O–H groups in total. The van der Waals surface area contributed by atoms with Crippen molar-refractivity contribution in [3.8, 4) is 0 Å². The van der Waals surface area contributed by atoms with Crippen LogP contribution in [0, 0.1) is 5.41 Å². The van der Waals surface area contributed by atoms with Gasteiger partial charge in [-0.25, -0.2) is 0 Å². The molecule has 1 heteroatoms. The standard InChI is InChI=1S/C11H16I/c1-2-11-5-8-3-9(6-11)12-10(4-8)7-11/h3,9-10H,2,4-7H2,1H3/q-1. The summed E-state index contributed by atoms with van der Waals surface area (Å²) in [6.07, 6.45) is 10.2. The average molecular weight is 275 g/mol. The van der Waals surface area contributed by atoms with Gasteiger partial charge in [0, 0.05) is 0 Å². The summed E-state index contributed by atoms with van der Waals surface area (Å²) in [5.74, 6) is 0. The van der Waals surface area contributed by atoms with Crippen molar-refractivity contribution in [1.82, 2.24) is 0 Å². The van der Waals surface area contributed by atoms with Gasteiger partial charge in [0.2, 0.25) is 0 Å². The first-order valence-electron chi connectivity index (χ1n) is 5.11. The van der Waals surface area contributed by atoms with Gasteiger partial charge in [0.05, 0.1) is 0 Å². The van der Waals surface area contributed by atoms with Gasteiger partial charge in [0.25, 0.3) is 0 Å². The second-order valence-corrected chi connectivity index (χ2v) is 8.79. The van der Waals surface area contributed by atoms with Crippen molar-refractivity contribution in [2.24, 2.45) is 5.41 Å². The van der Waals surface area contributed by atoms with Gasteiger partial charge in [-0.05, 0) is 0 Å². The molecule has 0 amide bonds. The Balaban J connectivity index is 2.00. The van der Waals surface area contributed by atoms with Crippen molar-refractivity contribution in [2.45, 2.75) is 46.9 Å². The van der Waals surface area contributed by atoms with Crippen molar-refractivity contribution in [3.05, 3.63) is 11.6 Å². The van der Waals surface area contributed by atoms with Crippen LogP contribution in [0.25, 0.3) is 0 Å². The summed E-state index contributed by atoms with van der Waals surface area (Å²) >= 11 is 0.561. The van der Waals surface area contributed by atoms with E-state index >= 15 is 0 Å². The third-order valence-corrected chi connectivity index (χ3v) is 7.50. The molecule has 0 aromatic rings. The van der Waals surface area contributed by atoms with E-state index < -0.39 is 0 Å². The van der Waals surface area contributed by atoms with E-state index in [0.717, 1.165) is 9.34 Å². The molecule has 0 radical (unpaired) electrons.